The van der Waals surface area contributed by atoms with Crippen LogP contribution in [0.1, 0.15) is 28.6 Å². The van der Waals surface area contributed by atoms with Crippen molar-refractivity contribution in [3.63, 3.8) is 0 Å². The number of nitrogens with zero attached hydrogens (tertiary/aromatic N) is 2. The molecule has 4 nitrogen and oxygen atoms in total. The van der Waals surface area contributed by atoms with Gasteiger partial charge in [-0.25, -0.2) is 0 Å². The summed E-state index contributed by atoms with van der Waals surface area (Å²) in [7, 11) is 1.62. The molecule has 0 saturated carbocycles. The molecule has 0 aliphatic carbocycles. The molecule has 0 spiro atoms. The van der Waals surface area contributed by atoms with Gasteiger partial charge in [-0.1, -0.05) is 6.07 Å². The summed E-state index contributed by atoms with van der Waals surface area (Å²) in [6, 6.07) is 5.65. The van der Waals surface area contributed by atoms with Crippen LogP contribution < -0.4 is 10.5 Å². The molecule has 1 atom stereocenters. The topological polar surface area (TPSA) is 61.0 Å². The average Bonchev–Trinajstić information content (AvgIpc) is 2.38. The lowest BCUT2D eigenvalue weighted by atomic mass is 9.99. The molecule has 0 saturated heterocycles. The van der Waals surface area contributed by atoms with Gasteiger partial charge in [0.2, 0.25) is 0 Å². The van der Waals surface area contributed by atoms with Crippen LogP contribution >= 0.6 is 0 Å². The van der Waals surface area contributed by atoms with Gasteiger partial charge in [-0.05, 0) is 37.1 Å². The Morgan fingerprint density at radius 2 is 2.00 bits per heavy atom. The van der Waals surface area contributed by atoms with E-state index in [-0.39, 0.29) is 6.04 Å². The Balaban J connectivity index is 2.37. The molecule has 0 fully saturated rings. The largest absolute Gasteiger partial charge is 0.495 e. The van der Waals surface area contributed by atoms with Gasteiger partial charge in [-0.15, -0.1) is 0 Å². The number of aromatic nitrogens is 2. The van der Waals surface area contributed by atoms with E-state index in [1.54, 1.807) is 19.5 Å². The van der Waals surface area contributed by atoms with E-state index >= 15 is 0 Å². The van der Waals surface area contributed by atoms with E-state index in [1.165, 1.54) is 0 Å². The summed E-state index contributed by atoms with van der Waals surface area (Å²) < 4.78 is 5.16. The molecule has 0 aromatic carbocycles. The number of nitrogens with two attached hydrogens (primary N) is 1. The predicted molar refractivity (Wildman–Crippen MR) is 70.5 cm³/mol. The van der Waals surface area contributed by atoms with E-state index in [2.05, 4.69) is 9.97 Å². The molecule has 2 rings (SSSR count). The van der Waals surface area contributed by atoms with Gasteiger partial charge in [0.1, 0.15) is 5.75 Å². The number of hydrogen-bond acceptors (Lipinski definition) is 4. The molecule has 4 heteroatoms. The molecule has 0 bridgehead atoms. The van der Waals surface area contributed by atoms with Gasteiger partial charge in [-0.2, -0.15) is 0 Å². The Kier molecular flexibility index (Phi) is 3.58. The van der Waals surface area contributed by atoms with Crippen molar-refractivity contribution in [1.29, 1.82) is 0 Å². The van der Waals surface area contributed by atoms with Crippen LogP contribution in [0.5, 0.6) is 5.75 Å². The first kappa shape index (κ1) is 12.5. The van der Waals surface area contributed by atoms with E-state index in [0.717, 1.165) is 22.5 Å². The quantitative estimate of drug-likeness (QED) is 0.897. The van der Waals surface area contributed by atoms with Crippen molar-refractivity contribution in [3.05, 3.63) is 53.1 Å². The lowest BCUT2D eigenvalue weighted by molar-refractivity contribution is 0.412. The fraction of sp³-hybridized carbons (Fsp3) is 0.286. The summed E-state index contributed by atoms with van der Waals surface area (Å²) in [6.07, 6.45) is 3.42. The number of ether oxygens (including phenoxy) is 1. The maximum absolute atomic E-state index is 6.26. The SMILES string of the molecule is COc1cncc(C(N)c2ccc(C)nc2C)c1. The Hall–Kier alpha value is -1.94. The van der Waals surface area contributed by atoms with Gasteiger partial charge >= 0.3 is 0 Å². The Morgan fingerprint density at radius 1 is 1.22 bits per heavy atom. The lowest BCUT2D eigenvalue weighted by Gasteiger charge is -2.15. The minimum absolute atomic E-state index is 0.235. The number of methoxy groups -OCH3 is 1. The second kappa shape index (κ2) is 5.14. The summed E-state index contributed by atoms with van der Waals surface area (Å²) in [4.78, 5) is 8.55. The zero-order valence-electron chi connectivity index (χ0n) is 10.8. The first-order valence-electron chi connectivity index (χ1n) is 5.80. The fourth-order valence-electron chi connectivity index (χ4n) is 1.92. The Morgan fingerprint density at radius 3 is 2.67 bits per heavy atom. The van der Waals surface area contributed by atoms with E-state index in [4.69, 9.17) is 10.5 Å². The smallest absolute Gasteiger partial charge is 0.137 e. The zero-order valence-corrected chi connectivity index (χ0v) is 10.8. The van der Waals surface area contributed by atoms with Crippen LogP contribution in [0.15, 0.2) is 30.6 Å². The molecule has 2 aromatic rings. The van der Waals surface area contributed by atoms with Crippen molar-refractivity contribution >= 4 is 0 Å². The second-order valence-electron chi connectivity index (χ2n) is 4.26. The van der Waals surface area contributed by atoms with E-state index < -0.39 is 0 Å². The van der Waals surface area contributed by atoms with Crippen molar-refractivity contribution in [1.82, 2.24) is 9.97 Å². The summed E-state index contributed by atoms with van der Waals surface area (Å²) in [5.74, 6) is 0.709. The molecule has 0 radical (unpaired) electrons. The highest BCUT2D eigenvalue weighted by Crippen LogP contribution is 2.23. The van der Waals surface area contributed by atoms with E-state index in [1.807, 2.05) is 32.0 Å². The van der Waals surface area contributed by atoms with Crippen LogP contribution in [0.3, 0.4) is 0 Å². The van der Waals surface area contributed by atoms with Gasteiger partial charge < -0.3 is 10.5 Å². The predicted octanol–water partition coefficient (Wildman–Crippen LogP) is 2.15. The van der Waals surface area contributed by atoms with Gasteiger partial charge in [0.25, 0.3) is 0 Å². The third-order valence-corrected chi connectivity index (χ3v) is 2.93. The summed E-state index contributed by atoms with van der Waals surface area (Å²) in [5.41, 5.74) is 10.1. The standard InChI is InChI=1S/C14H17N3O/c1-9-4-5-13(10(2)17-9)14(15)11-6-12(18-3)8-16-7-11/h4-8,14H,15H2,1-3H3. The third kappa shape index (κ3) is 2.49. The average molecular weight is 243 g/mol. The van der Waals surface area contributed by atoms with Crippen molar-refractivity contribution in [2.45, 2.75) is 19.9 Å². The third-order valence-electron chi connectivity index (χ3n) is 2.93. The highest BCUT2D eigenvalue weighted by Gasteiger charge is 2.13. The van der Waals surface area contributed by atoms with Crippen LogP contribution in [0, 0.1) is 13.8 Å². The van der Waals surface area contributed by atoms with Crippen LogP contribution in [0.25, 0.3) is 0 Å². The first-order valence-corrected chi connectivity index (χ1v) is 5.80. The fourth-order valence-corrected chi connectivity index (χ4v) is 1.92. The first-order chi connectivity index (χ1) is 8.61. The molecule has 18 heavy (non-hydrogen) atoms. The van der Waals surface area contributed by atoms with E-state index in [9.17, 15) is 0 Å². The molecule has 94 valence electrons. The van der Waals surface area contributed by atoms with E-state index in [0.29, 0.717) is 5.75 Å². The number of pyridine rings is 2. The summed E-state index contributed by atoms with van der Waals surface area (Å²) in [6.45, 7) is 3.94. The molecular weight excluding hydrogens is 226 g/mol. The van der Waals surface area contributed by atoms with Crippen LogP contribution in [-0.4, -0.2) is 17.1 Å². The highest BCUT2D eigenvalue weighted by atomic mass is 16.5. The second-order valence-corrected chi connectivity index (χ2v) is 4.26. The number of aryl methyl sites for hydroxylation is 2. The monoisotopic (exact) mass is 243 g/mol. The van der Waals surface area contributed by atoms with Crippen molar-refractivity contribution < 1.29 is 4.74 Å². The molecule has 2 heterocycles. The Bertz CT molecular complexity index is 554. The van der Waals surface area contributed by atoms with Crippen LogP contribution in [0.4, 0.5) is 0 Å². The molecule has 2 aromatic heterocycles. The molecule has 1 unspecified atom stereocenters. The molecule has 0 amide bonds. The minimum atomic E-state index is -0.235. The van der Waals surface area contributed by atoms with Crippen molar-refractivity contribution in [2.75, 3.05) is 7.11 Å². The van der Waals surface area contributed by atoms with Crippen molar-refractivity contribution in [3.8, 4) is 5.75 Å². The highest BCUT2D eigenvalue weighted by molar-refractivity contribution is 5.35. The lowest BCUT2D eigenvalue weighted by Crippen LogP contribution is -2.14. The van der Waals surface area contributed by atoms with Gasteiger partial charge in [-0.3, -0.25) is 9.97 Å². The summed E-state index contributed by atoms with van der Waals surface area (Å²) in [5, 5.41) is 0. The molecule has 0 aliphatic rings. The number of rotatable bonds is 3. The Labute approximate surface area is 107 Å². The molecule has 2 N–H and O–H groups in total. The van der Waals surface area contributed by atoms with Gasteiger partial charge in [0.05, 0.1) is 19.3 Å². The van der Waals surface area contributed by atoms with Gasteiger partial charge in [0.15, 0.2) is 0 Å². The maximum Gasteiger partial charge on any atom is 0.137 e. The molecular formula is C14H17N3O. The maximum atomic E-state index is 6.26. The van der Waals surface area contributed by atoms with Crippen molar-refractivity contribution in [2.24, 2.45) is 5.73 Å². The van der Waals surface area contributed by atoms with Crippen LogP contribution in [-0.2, 0) is 0 Å². The normalized spacial score (nSPS) is 12.2. The van der Waals surface area contributed by atoms with Gasteiger partial charge in [0, 0.05) is 17.6 Å². The minimum Gasteiger partial charge on any atom is -0.495 e. The number of hydrogen-bond donors (Lipinski definition) is 1. The molecule has 0 aliphatic heterocycles. The zero-order chi connectivity index (χ0) is 13.1. The summed E-state index contributed by atoms with van der Waals surface area (Å²) >= 11 is 0. The van der Waals surface area contributed by atoms with Crippen LogP contribution in [0.2, 0.25) is 0 Å².